The van der Waals surface area contributed by atoms with E-state index in [-0.39, 0.29) is 4.90 Å². The Morgan fingerprint density at radius 2 is 1.60 bits per heavy atom. The Hall–Kier alpha value is -3.81. The molecule has 0 radical (unpaired) electrons. The van der Waals surface area contributed by atoms with Gasteiger partial charge in [0.25, 0.3) is 10.0 Å². The molecule has 5 rings (SSSR count). The van der Waals surface area contributed by atoms with Crippen LogP contribution < -0.4 is 15.2 Å². The average molecular weight is 487 g/mol. The number of nitrogens with zero attached hydrogens (tertiary/aromatic N) is 1. The minimum atomic E-state index is -3.80. The number of hydrogen-bond acceptors (Lipinski definition) is 5. The number of fused-ring (bicyclic) bond motifs is 2. The van der Waals surface area contributed by atoms with Crippen LogP contribution in [0.3, 0.4) is 0 Å². The highest BCUT2D eigenvalue weighted by Gasteiger charge is 2.21. The van der Waals surface area contributed by atoms with Gasteiger partial charge >= 0.3 is 0 Å². The summed E-state index contributed by atoms with van der Waals surface area (Å²) < 4.78 is 39.4. The van der Waals surface area contributed by atoms with Crippen molar-refractivity contribution in [3.05, 3.63) is 102 Å². The Bertz CT molecular complexity index is 1610. The van der Waals surface area contributed by atoms with Gasteiger partial charge in [0, 0.05) is 11.6 Å². The van der Waals surface area contributed by atoms with E-state index in [2.05, 4.69) is 30.3 Å². The largest absolute Gasteiger partial charge is 0.497 e. The van der Waals surface area contributed by atoms with Crippen molar-refractivity contribution in [2.75, 3.05) is 13.7 Å². The minimum Gasteiger partial charge on any atom is -0.497 e. The lowest BCUT2D eigenvalue weighted by Crippen LogP contribution is -2.12. The standard InChI is InChI=1S/C28H26N2O4S/c1-33-24-8-11-26(12-9-24)35(31,32)30-18-23(14-15-29)27-17-25(10-13-28(27)30)34-19-20-6-7-21-4-2-3-5-22(21)16-20/h2-13,16-18H,14-15,19,29H2,1H3. The van der Waals surface area contributed by atoms with Gasteiger partial charge in [-0.05, 0) is 83.4 Å². The molecule has 4 aromatic carbocycles. The highest BCUT2D eigenvalue weighted by atomic mass is 32.2. The van der Waals surface area contributed by atoms with Crippen LogP contribution in [-0.2, 0) is 23.1 Å². The van der Waals surface area contributed by atoms with Gasteiger partial charge in [0.15, 0.2) is 0 Å². The Kier molecular flexibility index (Phi) is 6.19. The molecule has 35 heavy (non-hydrogen) atoms. The second kappa shape index (κ2) is 9.44. The molecule has 5 aromatic rings. The van der Waals surface area contributed by atoms with Crippen LogP contribution in [0.4, 0.5) is 0 Å². The fourth-order valence-corrected chi connectivity index (χ4v) is 5.64. The molecule has 7 heteroatoms. The molecule has 1 heterocycles. The van der Waals surface area contributed by atoms with Crippen molar-refractivity contribution in [1.82, 2.24) is 3.97 Å². The molecule has 0 spiro atoms. The summed E-state index contributed by atoms with van der Waals surface area (Å²) >= 11 is 0. The van der Waals surface area contributed by atoms with Gasteiger partial charge in [-0.1, -0.05) is 36.4 Å². The van der Waals surface area contributed by atoms with Crippen molar-refractivity contribution in [2.24, 2.45) is 5.73 Å². The van der Waals surface area contributed by atoms with Gasteiger partial charge in [0.2, 0.25) is 0 Å². The topological polar surface area (TPSA) is 83.6 Å². The van der Waals surface area contributed by atoms with Crippen molar-refractivity contribution in [3.8, 4) is 11.5 Å². The molecule has 1 aromatic heterocycles. The first-order valence-electron chi connectivity index (χ1n) is 11.3. The normalized spacial score (nSPS) is 11.7. The van der Waals surface area contributed by atoms with E-state index in [0.29, 0.717) is 36.6 Å². The predicted molar refractivity (Wildman–Crippen MR) is 139 cm³/mol. The Balaban J connectivity index is 1.47. The molecule has 0 saturated heterocycles. The summed E-state index contributed by atoms with van der Waals surface area (Å²) in [4.78, 5) is 0.186. The zero-order valence-electron chi connectivity index (χ0n) is 19.3. The third-order valence-corrected chi connectivity index (χ3v) is 7.76. The highest BCUT2D eigenvalue weighted by Crippen LogP contribution is 2.30. The van der Waals surface area contributed by atoms with Crippen LogP contribution in [0.5, 0.6) is 11.5 Å². The molecule has 0 bridgehead atoms. The van der Waals surface area contributed by atoms with Gasteiger partial charge in [0.05, 0.1) is 17.5 Å². The Morgan fingerprint density at radius 1 is 0.857 bits per heavy atom. The maximum absolute atomic E-state index is 13.4. The summed E-state index contributed by atoms with van der Waals surface area (Å²) in [5.41, 5.74) is 8.33. The first-order chi connectivity index (χ1) is 17.0. The number of rotatable bonds is 8. The van der Waals surface area contributed by atoms with Gasteiger partial charge in [0.1, 0.15) is 18.1 Å². The zero-order valence-corrected chi connectivity index (χ0v) is 20.2. The number of nitrogens with two attached hydrogens (primary N) is 1. The van der Waals surface area contributed by atoms with E-state index in [1.54, 1.807) is 49.7 Å². The van der Waals surface area contributed by atoms with Crippen molar-refractivity contribution in [2.45, 2.75) is 17.9 Å². The molecule has 6 nitrogen and oxygen atoms in total. The van der Waals surface area contributed by atoms with Gasteiger partial charge in [-0.15, -0.1) is 0 Å². The van der Waals surface area contributed by atoms with Gasteiger partial charge < -0.3 is 15.2 Å². The van der Waals surface area contributed by atoms with E-state index in [1.165, 1.54) is 9.36 Å². The molecule has 0 unspecified atom stereocenters. The lowest BCUT2D eigenvalue weighted by atomic mass is 10.1. The van der Waals surface area contributed by atoms with Gasteiger partial charge in [-0.2, -0.15) is 0 Å². The smallest absolute Gasteiger partial charge is 0.268 e. The van der Waals surface area contributed by atoms with E-state index in [9.17, 15) is 8.42 Å². The summed E-state index contributed by atoms with van der Waals surface area (Å²) in [5.74, 6) is 1.27. The van der Waals surface area contributed by atoms with Crippen molar-refractivity contribution >= 4 is 31.7 Å². The van der Waals surface area contributed by atoms with E-state index >= 15 is 0 Å². The molecule has 2 N–H and O–H groups in total. The van der Waals surface area contributed by atoms with E-state index < -0.39 is 10.0 Å². The van der Waals surface area contributed by atoms with Crippen molar-refractivity contribution < 1.29 is 17.9 Å². The maximum atomic E-state index is 13.4. The summed E-state index contributed by atoms with van der Waals surface area (Å²) in [7, 11) is -2.25. The molecule has 0 aliphatic rings. The molecule has 0 saturated carbocycles. The summed E-state index contributed by atoms with van der Waals surface area (Å²) in [6, 6.07) is 26.3. The fraction of sp³-hybridized carbons (Fsp3) is 0.143. The number of hydrogen-bond donors (Lipinski definition) is 1. The summed E-state index contributed by atoms with van der Waals surface area (Å²) in [6.45, 7) is 0.817. The number of ether oxygens (including phenoxy) is 2. The van der Waals surface area contributed by atoms with Crippen molar-refractivity contribution in [3.63, 3.8) is 0 Å². The van der Waals surface area contributed by atoms with Crippen LogP contribution in [0.2, 0.25) is 0 Å². The van der Waals surface area contributed by atoms with E-state index in [0.717, 1.165) is 21.9 Å². The second-order valence-corrected chi connectivity index (χ2v) is 10.1. The molecule has 178 valence electrons. The van der Waals surface area contributed by atoms with Crippen LogP contribution >= 0.6 is 0 Å². The van der Waals surface area contributed by atoms with Gasteiger partial charge in [-0.3, -0.25) is 0 Å². The Labute approximate surface area is 204 Å². The van der Waals surface area contributed by atoms with Crippen molar-refractivity contribution in [1.29, 1.82) is 0 Å². The molecule has 0 atom stereocenters. The molecular weight excluding hydrogens is 460 g/mol. The minimum absolute atomic E-state index is 0.186. The molecular formula is C28H26N2O4S. The maximum Gasteiger partial charge on any atom is 0.268 e. The lowest BCUT2D eigenvalue weighted by molar-refractivity contribution is 0.307. The van der Waals surface area contributed by atoms with Crippen LogP contribution in [-0.4, -0.2) is 26.0 Å². The summed E-state index contributed by atoms with van der Waals surface area (Å²) in [5, 5.41) is 3.15. The highest BCUT2D eigenvalue weighted by molar-refractivity contribution is 7.90. The lowest BCUT2D eigenvalue weighted by Gasteiger charge is -2.10. The zero-order chi connectivity index (χ0) is 24.4. The van der Waals surface area contributed by atoms with Crippen LogP contribution in [0.15, 0.2) is 96.0 Å². The van der Waals surface area contributed by atoms with E-state index in [1.807, 2.05) is 18.2 Å². The van der Waals surface area contributed by atoms with Crippen LogP contribution in [0, 0.1) is 0 Å². The number of aromatic nitrogens is 1. The number of methoxy groups -OCH3 is 1. The molecule has 0 aliphatic heterocycles. The SMILES string of the molecule is COc1ccc(S(=O)(=O)n2cc(CCN)c3cc(OCc4ccc5ccccc5c4)ccc32)cc1. The van der Waals surface area contributed by atoms with Gasteiger partial charge in [-0.25, -0.2) is 12.4 Å². The summed E-state index contributed by atoms with van der Waals surface area (Å²) in [6.07, 6.45) is 2.21. The van der Waals surface area contributed by atoms with E-state index in [4.69, 9.17) is 15.2 Å². The number of benzene rings is 4. The molecule has 0 aliphatic carbocycles. The average Bonchev–Trinajstić information content (AvgIpc) is 3.26. The molecule has 0 fully saturated rings. The predicted octanol–water partition coefficient (Wildman–Crippen LogP) is 5.12. The van der Waals surface area contributed by atoms with Crippen LogP contribution in [0.1, 0.15) is 11.1 Å². The molecule has 0 amide bonds. The second-order valence-electron chi connectivity index (χ2n) is 8.32. The quantitative estimate of drug-likeness (QED) is 0.329. The Morgan fingerprint density at radius 3 is 2.34 bits per heavy atom. The monoisotopic (exact) mass is 486 g/mol. The third-order valence-electron chi connectivity index (χ3n) is 6.07. The fourth-order valence-electron chi connectivity index (χ4n) is 4.25. The van der Waals surface area contributed by atoms with Crippen LogP contribution in [0.25, 0.3) is 21.7 Å². The first kappa shape index (κ1) is 23.0. The first-order valence-corrected chi connectivity index (χ1v) is 12.8. The third kappa shape index (κ3) is 4.48.